The second-order valence-corrected chi connectivity index (χ2v) is 7.81. The third-order valence-electron chi connectivity index (χ3n) is 6.09. The molecule has 1 aliphatic carbocycles. The second-order valence-electron chi connectivity index (χ2n) is 7.81. The molecule has 0 saturated carbocycles. The molecule has 1 saturated heterocycles. The van der Waals surface area contributed by atoms with Gasteiger partial charge in [-0.05, 0) is 68.6 Å². The van der Waals surface area contributed by atoms with Crippen LogP contribution in [0, 0.1) is 11.8 Å². The monoisotopic (exact) mass is 355 g/mol. The normalized spacial score (nSPS) is 25.8. The zero-order valence-corrected chi connectivity index (χ0v) is 15.8. The molecular formula is C22H29NO3. The summed E-state index contributed by atoms with van der Waals surface area (Å²) >= 11 is 0. The van der Waals surface area contributed by atoms with E-state index in [0.717, 1.165) is 38.5 Å². The summed E-state index contributed by atoms with van der Waals surface area (Å²) < 4.78 is 0. The molecule has 26 heavy (non-hydrogen) atoms. The molecule has 140 valence electrons. The Morgan fingerprint density at radius 3 is 2.69 bits per heavy atom. The van der Waals surface area contributed by atoms with Crippen LogP contribution in [-0.2, 0) is 33.6 Å². The first-order valence-corrected chi connectivity index (χ1v) is 9.92. The van der Waals surface area contributed by atoms with Crippen LogP contribution >= 0.6 is 0 Å². The fourth-order valence-corrected chi connectivity index (χ4v) is 4.49. The first-order valence-electron chi connectivity index (χ1n) is 9.92. The lowest BCUT2D eigenvalue weighted by molar-refractivity contribution is -0.129. The molecule has 2 aliphatic rings. The zero-order valence-electron chi connectivity index (χ0n) is 15.8. The second kappa shape index (κ2) is 8.15. The molecule has 1 fully saturated rings. The van der Waals surface area contributed by atoms with Crippen LogP contribution in [0.25, 0.3) is 0 Å². The summed E-state index contributed by atoms with van der Waals surface area (Å²) in [5, 5.41) is 2.72. The van der Waals surface area contributed by atoms with Crippen molar-refractivity contribution in [1.82, 2.24) is 5.32 Å². The predicted molar refractivity (Wildman–Crippen MR) is 101 cm³/mol. The van der Waals surface area contributed by atoms with E-state index in [9.17, 15) is 14.4 Å². The Morgan fingerprint density at radius 1 is 1.19 bits per heavy atom. The molecule has 3 rings (SSSR count). The lowest BCUT2D eigenvalue weighted by Crippen LogP contribution is -2.31. The van der Waals surface area contributed by atoms with Gasteiger partial charge in [0.05, 0.1) is 6.04 Å². The molecule has 1 unspecified atom stereocenters. The van der Waals surface area contributed by atoms with Gasteiger partial charge in [0.15, 0.2) is 5.78 Å². The summed E-state index contributed by atoms with van der Waals surface area (Å²) in [7, 11) is 0. The van der Waals surface area contributed by atoms with Gasteiger partial charge < -0.3 is 5.32 Å². The van der Waals surface area contributed by atoms with Gasteiger partial charge in [-0.15, -0.1) is 0 Å². The fraction of sp³-hybridized carbons (Fsp3) is 0.591. The topological polar surface area (TPSA) is 63.2 Å². The summed E-state index contributed by atoms with van der Waals surface area (Å²) in [5.74, 6) is -0.254. The Bertz CT molecular complexity index is 709. The Balaban J connectivity index is 1.64. The van der Waals surface area contributed by atoms with Crippen molar-refractivity contribution in [2.75, 3.05) is 0 Å². The molecule has 0 radical (unpaired) electrons. The average Bonchev–Trinajstić information content (AvgIpc) is 2.96. The molecule has 0 bridgehead atoms. The van der Waals surface area contributed by atoms with Gasteiger partial charge in [-0.1, -0.05) is 25.1 Å². The van der Waals surface area contributed by atoms with E-state index in [1.807, 2.05) is 0 Å². The third kappa shape index (κ3) is 4.05. The van der Waals surface area contributed by atoms with Crippen molar-refractivity contribution in [3.05, 3.63) is 34.9 Å². The van der Waals surface area contributed by atoms with Crippen molar-refractivity contribution >= 4 is 17.5 Å². The van der Waals surface area contributed by atoms with Gasteiger partial charge in [-0.3, -0.25) is 14.4 Å². The number of carbonyl (C=O) groups is 3. The van der Waals surface area contributed by atoms with Crippen LogP contribution in [0.5, 0.6) is 0 Å². The Labute approximate surface area is 155 Å². The highest BCUT2D eigenvalue weighted by molar-refractivity contribution is 5.94. The van der Waals surface area contributed by atoms with Crippen LogP contribution in [0.2, 0.25) is 0 Å². The van der Waals surface area contributed by atoms with Crippen LogP contribution < -0.4 is 5.32 Å². The number of nitrogens with one attached hydrogen (secondary N) is 1. The first kappa shape index (κ1) is 18.8. The molecule has 1 aromatic carbocycles. The van der Waals surface area contributed by atoms with Gasteiger partial charge in [-0.25, -0.2) is 0 Å². The summed E-state index contributed by atoms with van der Waals surface area (Å²) in [4.78, 5) is 36.4. The maximum atomic E-state index is 12.8. The van der Waals surface area contributed by atoms with Crippen molar-refractivity contribution < 1.29 is 14.4 Å². The lowest BCUT2D eigenvalue weighted by Gasteiger charge is -2.23. The molecule has 4 heteroatoms. The highest BCUT2D eigenvalue weighted by atomic mass is 16.2. The minimum absolute atomic E-state index is 0.0250. The Kier molecular flexibility index (Phi) is 5.90. The molecule has 1 aliphatic heterocycles. The first-order chi connectivity index (χ1) is 12.5. The maximum Gasteiger partial charge on any atom is 0.224 e. The molecule has 1 heterocycles. The van der Waals surface area contributed by atoms with E-state index in [2.05, 4.69) is 30.4 Å². The standard InChI is InChI=1S/C22H29NO3/c1-3-15-6-4-7-16-8-5-9-17(10-11-19(15)16)21(25)13-18-12-20(14(2)24)23-22(18)26/h4,6-7,17-18,20H,3,5,8-13H2,1-2H3,(H,23,26)/t17?,18-,20-/m0/s1. The van der Waals surface area contributed by atoms with Crippen LogP contribution in [-0.4, -0.2) is 23.5 Å². The van der Waals surface area contributed by atoms with Crippen molar-refractivity contribution in [1.29, 1.82) is 0 Å². The smallest absolute Gasteiger partial charge is 0.224 e. The van der Waals surface area contributed by atoms with Crippen molar-refractivity contribution in [3.8, 4) is 0 Å². The van der Waals surface area contributed by atoms with Gasteiger partial charge >= 0.3 is 0 Å². The van der Waals surface area contributed by atoms with E-state index in [0.29, 0.717) is 6.42 Å². The maximum absolute atomic E-state index is 12.8. The van der Waals surface area contributed by atoms with Crippen LogP contribution in [0.3, 0.4) is 0 Å². The largest absolute Gasteiger partial charge is 0.346 e. The third-order valence-corrected chi connectivity index (χ3v) is 6.09. The van der Waals surface area contributed by atoms with Crippen LogP contribution in [0.15, 0.2) is 18.2 Å². The summed E-state index contributed by atoms with van der Waals surface area (Å²) in [6, 6.07) is 6.16. The molecule has 1 amide bonds. The molecule has 3 atom stereocenters. The number of hydrogen-bond donors (Lipinski definition) is 1. The van der Waals surface area contributed by atoms with Gasteiger partial charge in [-0.2, -0.15) is 0 Å². The van der Waals surface area contributed by atoms with E-state index < -0.39 is 6.04 Å². The highest BCUT2D eigenvalue weighted by Crippen LogP contribution is 2.30. The van der Waals surface area contributed by atoms with E-state index >= 15 is 0 Å². The molecular weight excluding hydrogens is 326 g/mol. The van der Waals surface area contributed by atoms with E-state index in [-0.39, 0.29) is 35.7 Å². The molecule has 0 spiro atoms. The molecule has 4 nitrogen and oxygen atoms in total. The van der Waals surface area contributed by atoms with Gasteiger partial charge in [0.25, 0.3) is 0 Å². The summed E-state index contributed by atoms with van der Waals surface area (Å²) in [5.41, 5.74) is 4.27. The zero-order chi connectivity index (χ0) is 18.7. The summed E-state index contributed by atoms with van der Waals surface area (Å²) in [6.45, 7) is 3.67. The van der Waals surface area contributed by atoms with Crippen molar-refractivity contribution in [2.24, 2.45) is 11.8 Å². The summed E-state index contributed by atoms with van der Waals surface area (Å²) in [6.07, 6.45) is 6.54. The number of rotatable bonds is 5. The van der Waals surface area contributed by atoms with Crippen molar-refractivity contribution in [3.63, 3.8) is 0 Å². The van der Waals surface area contributed by atoms with Crippen molar-refractivity contribution in [2.45, 2.75) is 71.3 Å². The Morgan fingerprint density at radius 2 is 2.00 bits per heavy atom. The predicted octanol–water partition coefficient (Wildman–Crippen LogP) is 3.19. The van der Waals surface area contributed by atoms with E-state index in [1.165, 1.54) is 23.6 Å². The van der Waals surface area contributed by atoms with Gasteiger partial charge in [0.1, 0.15) is 5.78 Å². The van der Waals surface area contributed by atoms with Crippen LogP contribution in [0.4, 0.5) is 0 Å². The molecule has 1 aromatic rings. The van der Waals surface area contributed by atoms with Gasteiger partial charge in [0.2, 0.25) is 5.91 Å². The van der Waals surface area contributed by atoms with E-state index in [4.69, 9.17) is 0 Å². The Hall–Kier alpha value is -1.97. The van der Waals surface area contributed by atoms with Gasteiger partial charge in [0, 0.05) is 18.3 Å². The lowest BCUT2D eigenvalue weighted by atomic mass is 9.81. The molecule has 0 aromatic heterocycles. The number of carbonyl (C=O) groups excluding carboxylic acids is 3. The number of fused-ring (bicyclic) bond motifs is 1. The fourth-order valence-electron chi connectivity index (χ4n) is 4.49. The number of amides is 1. The number of Topliss-reactive ketones (excluding diaryl/α,β-unsaturated/α-hetero) is 2. The number of aryl methyl sites for hydroxylation is 2. The van der Waals surface area contributed by atoms with E-state index in [1.54, 1.807) is 0 Å². The minimum Gasteiger partial charge on any atom is -0.346 e. The highest BCUT2D eigenvalue weighted by Gasteiger charge is 2.36. The van der Waals surface area contributed by atoms with Crippen LogP contribution in [0.1, 0.15) is 62.6 Å². The number of benzene rings is 1. The number of ketones is 2. The molecule has 1 N–H and O–H groups in total. The number of hydrogen-bond acceptors (Lipinski definition) is 3. The minimum atomic E-state index is -0.406. The average molecular weight is 355 g/mol. The SMILES string of the molecule is CCc1cccc2c1CCC(C(=O)C[C@@H]1C[C@@H](C(C)=O)NC1=O)CCC2. The quantitative estimate of drug-likeness (QED) is 0.882.